The molecule has 1 fully saturated rings. The molecule has 0 bridgehead atoms. The summed E-state index contributed by atoms with van der Waals surface area (Å²) in [7, 11) is 1.74. The molecule has 1 aromatic heterocycles. The van der Waals surface area contributed by atoms with Crippen LogP contribution in [0.15, 0.2) is 6.20 Å². The molecule has 1 saturated heterocycles. The predicted molar refractivity (Wildman–Crippen MR) is 59.4 cm³/mol. The zero-order valence-corrected chi connectivity index (χ0v) is 9.66. The van der Waals surface area contributed by atoms with Crippen LogP contribution in [0.1, 0.15) is 12.0 Å². The minimum absolute atomic E-state index is 0.302. The highest BCUT2D eigenvalue weighted by molar-refractivity contribution is 6.28. The molecule has 15 heavy (non-hydrogen) atoms. The van der Waals surface area contributed by atoms with Gasteiger partial charge in [0, 0.05) is 32.0 Å². The second-order valence-corrected chi connectivity index (χ2v) is 4.08. The number of hydrogen-bond acceptors (Lipinski definition) is 4. The van der Waals surface area contributed by atoms with Gasteiger partial charge in [0.05, 0.1) is 6.10 Å². The molecule has 0 amide bonds. The van der Waals surface area contributed by atoms with Crippen LogP contribution in [0.4, 0.5) is 5.82 Å². The molecular weight excluding hydrogens is 214 g/mol. The van der Waals surface area contributed by atoms with Gasteiger partial charge in [-0.05, 0) is 24.9 Å². The number of anilines is 1. The standard InChI is InChI=1S/C10H14ClN3O/c1-7-5-12-10(11)13-9(7)14-4-3-8(6-14)15-2/h5,8H,3-4,6H2,1-2H3. The first-order chi connectivity index (χ1) is 7.20. The molecule has 1 unspecified atom stereocenters. The summed E-state index contributed by atoms with van der Waals surface area (Å²) in [6.07, 6.45) is 3.10. The fraction of sp³-hybridized carbons (Fsp3) is 0.600. The van der Waals surface area contributed by atoms with Crippen LogP contribution in [0.5, 0.6) is 0 Å². The van der Waals surface area contributed by atoms with Crippen LogP contribution in [-0.2, 0) is 4.74 Å². The van der Waals surface area contributed by atoms with Crippen molar-refractivity contribution < 1.29 is 4.74 Å². The smallest absolute Gasteiger partial charge is 0.224 e. The summed E-state index contributed by atoms with van der Waals surface area (Å²) in [5.41, 5.74) is 1.05. The topological polar surface area (TPSA) is 38.2 Å². The van der Waals surface area contributed by atoms with E-state index in [9.17, 15) is 0 Å². The van der Waals surface area contributed by atoms with Crippen molar-refractivity contribution in [2.45, 2.75) is 19.4 Å². The summed E-state index contributed by atoms with van der Waals surface area (Å²) in [4.78, 5) is 10.4. The molecule has 2 heterocycles. The Morgan fingerprint density at radius 2 is 2.40 bits per heavy atom. The quantitative estimate of drug-likeness (QED) is 0.721. The van der Waals surface area contributed by atoms with Gasteiger partial charge in [0.15, 0.2) is 0 Å². The minimum Gasteiger partial charge on any atom is -0.380 e. The molecule has 0 aromatic carbocycles. The van der Waals surface area contributed by atoms with E-state index in [1.54, 1.807) is 13.3 Å². The van der Waals surface area contributed by atoms with Crippen molar-refractivity contribution in [1.82, 2.24) is 9.97 Å². The Bertz CT molecular complexity index is 359. The van der Waals surface area contributed by atoms with Crippen LogP contribution in [-0.4, -0.2) is 36.3 Å². The Labute approximate surface area is 94.2 Å². The number of aromatic nitrogens is 2. The summed E-state index contributed by atoms with van der Waals surface area (Å²) in [5.74, 6) is 0.926. The van der Waals surface area contributed by atoms with Gasteiger partial charge in [-0.3, -0.25) is 0 Å². The van der Waals surface area contributed by atoms with Crippen molar-refractivity contribution in [3.63, 3.8) is 0 Å². The molecule has 0 saturated carbocycles. The van der Waals surface area contributed by atoms with E-state index >= 15 is 0 Å². The number of nitrogens with zero attached hydrogens (tertiary/aromatic N) is 3. The third-order valence-corrected chi connectivity index (χ3v) is 2.88. The second kappa shape index (κ2) is 4.33. The van der Waals surface area contributed by atoms with Crippen LogP contribution >= 0.6 is 11.6 Å². The van der Waals surface area contributed by atoms with Crippen LogP contribution < -0.4 is 4.90 Å². The maximum Gasteiger partial charge on any atom is 0.224 e. The summed E-state index contributed by atoms with van der Waals surface area (Å²) in [6.45, 7) is 3.84. The largest absolute Gasteiger partial charge is 0.380 e. The van der Waals surface area contributed by atoms with Gasteiger partial charge >= 0.3 is 0 Å². The van der Waals surface area contributed by atoms with Crippen molar-refractivity contribution >= 4 is 17.4 Å². The minimum atomic E-state index is 0.302. The maximum absolute atomic E-state index is 5.79. The van der Waals surface area contributed by atoms with Gasteiger partial charge in [-0.2, -0.15) is 0 Å². The molecule has 82 valence electrons. The molecule has 1 aliphatic heterocycles. The third kappa shape index (κ3) is 2.21. The summed E-state index contributed by atoms with van der Waals surface area (Å²) in [5, 5.41) is 0.302. The Morgan fingerprint density at radius 1 is 1.60 bits per heavy atom. The van der Waals surface area contributed by atoms with Gasteiger partial charge in [-0.1, -0.05) is 0 Å². The van der Waals surface area contributed by atoms with Crippen LogP contribution in [0.3, 0.4) is 0 Å². The van der Waals surface area contributed by atoms with Crippen LogP contribution in [0, 0.1) is 6.92 Å². The fourth-order valence-electron chi connectivity index (χ4n) is 1.85. The summed E-state index contributed by atoms with van der Waals surface area (Å²) >= 11 is 5.79. The molecule has 0 radical (unpaired) electrons. The summed E-state index contributed by atoms with van der Waals surface area (Å²) < 4.78 is 5.31. The average Bonchev–Trinajstić information content (AvgIpc) is 2.70. The van der Waals surface area contributed by atoms with Crippen LogP contribution in [0.25, 0.3) is 0 Å². The molecule has 2 rings (SSSR count). The first-order valence-corrected chi connectivity index (χ1v) is 5.35. The molecule has 0 N–H and O–H groups in total. The van der Waals surface area contributed by atoms with E-state index in [1.807, 2.05) is 6.92 Å². The number of rotatable bonds is 2. The van der Waals surface area contributed by atoms with E-state index in [-0.39, 0.29) is 0 Å². The maximum atomic E-state index is 5.79. The first kappa shape index (κ1) is 10.6. The van der Waals surface area contributed by atoms with Crippen molar-refractivity contribution in [3.05, 3.63) is 17.0 Å². The molecule has 5 heteroatoms. The van der Waals surface area contributed by atoms with Gasteiger partial charge < -0.3 is 9.64 Å². The Balaban J connectivity index is 2.19. The second-order valence-electron chi connectivity index (χ2n) is 3.74. The SMILES string of the molecule is COC1CCN(c2nc(Cl)ncc2C)C1. The Hall–Kier alpha value is -0.870. The number of methoxy groups -OCH3 is 1. The molecule has 1 atom stereocenters. The highest BCUT2D eigenvalue weighted by Gasteiger charge is 2.24. The molecule has 0 aliphatic carbocycles. The Morgan fingerprint density at radius 3 is 3.07 bits per heavy atom. The number of hydrogen-bond donors (Lipinski definition) is 0. The van der Waals surface area contributed by atoms with E-state index in [2.05, 4.69) is 14.9 Å². The summed E-state index contributed by atoms with van der Waals surface area (Å²) in [6, 6.07) is 0. The highest BCUT2D eigenvalue weighted by Crippen LogP contribution is 2.23. The average molecular weight is 228 g/mol. The van der Waals surface area contributed by atoms with Crippen molar-refractivity contribution in [2.24, 2.45) is 0 Å². The van der Waals surface area contributed by atoms with Gasteiger partial charge in [-0.15, -0.1) is 0 Å². The normalized spacial score (nSPS) is 21.0. The van der Waals surface area contributed by atoms with E-state index < -0.39 is 0 Å². The monoisotopic (exact) mass is 227 g/mol. The fourth-order valence-corrected chi connectivity index (χ4v) is 1.97. The van der Waals surface area contributed by atoms with E-state index in [0.29, 0.717) is 11.4 Å². The lowest BCUT2D eigenvalue weighted by atomic mass is 10.3. The lowest BCUT2D eigenvalue weighted by Crippen LogP contribution is -2.24. The van der Waals surface area contributed by atoms with Gasteiger partial charge in [0.2, 0.25) is 5.28 Å². The van der Waals surface area contributed by atoms with E-state index in [0.717, 1.165) is 30.9 Å². The zero-order valence-electron chi connectivity index (χ0n) is 8.90. The van der Waals surface area contributed by atoms with Gasteiger partial charge in [0.1, 0.15) is 5.82 Å². The Kier molecular flexibility index (Phi) is 3.07. The van der Waals surface area contributed by atoms with Gasteiger partial charge in [-0.25, -0.2) is 9.97 Å². The molecule has 0 spiro atoms. The molecule has 1 aromatic rings. The number of aryl methyl sites for hydroxylation is 1. The molecule has 1 aliphatic rings. The highest BCUT2D eigenvalue weighted by atomic mass is 35.5. The number of halogens is 1. The predicted octanol–water partition coefficient (Wildman–Crippen LogP) is 1.66. The van der Waals surface area contributed by atoms with Crippen molar-refractivity contribution in [3.8, 4) is 0 Å². The molecule has 4 nitrogen and oxygen atoms in total. The lowest BCUT2D eigenvalue weighted by molar-refractivity contribution is 0.121. The third-order valence-electron chi connectivity index (χ3n) is 2.69. The number of ether oxygens (including phenoxy) is 1. The van der Waals surface area contributed by atoms with E-state index in [4.69, 9.17) is 16.3 Å². The first-order valence-electron chi connectivity index (χ1n) is 4.97. The van der Waals surface area contributed by atoms with Crippen LogP contribution in [0.2, 0.25) is 5.28 Å². The van der Waals surface area contributed by atoms with E-state index in [1.165, 1.54) is 0 Å². The van der Waals surface area contributed by atoms with Crippen molar-refractivity contribution in [2.75, 3.05) is 25.1 Å². The molecular formula is C10H14ClN3O. The lowest BCUT2D eigenvalue weighted by Gasteiger charge is -2.18. The van der Waals surface area contributed by atoms with Crippen molar-refractivity contribution in [1.29, 1.82) is 0 Å². The van der Waals surface area contributed by atoms with Gasteiger partial charge in [0.25, 0.3) is 0 Å². The zero-order chi connectivity index (χ0) is 10.8.